The highest BCUT2D eigenvalue weighted by atomic mass is 19.1. The fraction of sp³-hybridized carbons (Fsp3) is 0.383. The number of carbonyl (C=O) groups is 5. The van der Waals surface area contributed by atoms with Crippen molar-refractivity contribution in [2.24, 2.45) is 0 Å². The number of halogens is 1. The molecular weight excluding hydrogens is 752 g/mol. The van der Waals surface area contributed by atoms with Crippen LogP contribution in [0.1, 0.15) is 105 Å². The van der Waals surface area contributed by atoms with Gasteiger partial charge in [0.05, 0.1) is 12.1 Å². The lowest BCUT2D eigenvalue weighted by Crippen LogP contribution is -2.47. The number of likely N-dealkylation sites (N-methyl/N-ethyl adjacent to an activating group) is 2. The molecular formula is C47H53FN4O7. The van der Waals surface area contributed by atoms with Crippen LogP contribution in [0.15, 0.2) is 78.9 Å². The highest BCUT2D eigenvalue weighted by Crippen LogP contribution is 2.47. The second-order valence-electron chi connectivity index (χ2n) is 15.5. The molecule has 1 aliphatic carbocycles. The topological polar surface area (TPSA) is 137 Å². The van der Waals surface area contributed by atoms with Crippen molar-refractivity contribution in [2.75, 3.05) is 33.7 Å². The number of piperidine rings is 1. The Labute approximate surface area is 345 Å². The van der Waals surface area contributed by atoms with E-state index in [1.54, 1.807) is 23.1 Å². The summed E-state index contributed by atoms with van der Waals surface area (Å²) >= 11 is 0. The van der Waals surface area contributed by atoms with Gasteiger partial charge in [-0.15, -0.1) is 0 Å². The molecule has 0 bridgehead atoms. The zero-order chi connectivity index (χ0) is 42.1. The molecule has 4 aromatic rings. The van der Waals surface area contributed by atoms with Gasteiger partial charge in [-0.25, -0.2) is 4.39 Å². The lowest BCUT2D eigenvalue weighted by atomic mass is 9.69. The Hall–Kier alpha value is -5.88. The minimum atomic E-state index is -0.766. The zero-order valence-electron chi connectivity index (χ0n) is 33.9. The van der Waals surface area contributed by atoms with Gasteiger partial charge in [0.2, 0.25) is 12.3 Å². The fourth-order valence-electron chi connectivity index (χ4n) is 8.66. The SMILES string of the molecule is CCN1Cc2cc(C=O)c(C(=O)N(C)C(CCC=O)C(=O)NC)cc2C1.O=CN1CCCC(Oc2ccc(C3c4ccc(O)cc4CCC3c3ccc(F)cc3)cc2)C1. The number of phenolic OH excluding ortho intramolecular Hbond substituents is 1. The molecule has 0 aromatic heterocycles. The monoisotopic (exact) mass is 804 g/mol. The predicted octanol–water partition coefficient (Wildman–Crippen LogP) is 6.39. The number of nitrogens with zero attached hydrogens (tertiary/aromatic N) is 3. The number of phenols is 1. The lowest BCUT2D eigenvalue weighted by Gasteiger charge is -2.35. The van der Waals surface area contributed by atoms with E-state index in [4.69, 9.17) is 4.74 Å². The van der Waals surface area contributed by atoms with E-state index in [1.165, 1.54) is 42.3 Å². The Balaban J connectivity index is 0.000000205. The Morgan fingerprint density at radius 1 is 0.949 bits per heavy atom. The second kappa shape index (κ2) is 19.7. The summed E-state index contributed by atoms with van der Waals surface area (Å²) in [6, 6.07) is 23.5. The number of likely N-dealkylation sites (tertiary alicyclic amines) is 1. The van der Waals surface area contributed by atoms with Crippen LogP contribution in [0.5, 0.6) is 11.5 Å². The largest absolute Gasteiger partial charge is 0.508 e. The van der Waals surface area contributed by atoms with Crippen LogP contribution < -0.4 is 10.1 Å². The molecule has 0 radical (unpaired) electrons. The van der Waals surface area contributed by atoms with Crippen molar-refractivity contribution in [3.8, 4) is 11.5 Å². The first-order chi connectivity index (χ1) is 28.6. The highest BCUT2D eigenvalue weighted by molar-refractivity contribution is 6.03. The van der Waals surface area contributed by atoms with Crippen molar-refractivity contribution >= 4 is 30.8 Å². The minimum Gasteiger partial charge on any atom is -0.508 e. The van der Waals surface area contributed by atoms with Gasteiger partial charge in [-0.05, 0) is 126 Å². The maximum absolute atomic E-state index is 13.6. The van der Waals surface area contributed by atoms with Crippen molar-refractivity contribution in [2.45, 2.75) is 82.5 Å². The highest BCUT2D eigenvalue weighted by Gasteiger charge is 2.33. The van der Waals surface area contributed by atoms with Crippen molar-refractivity contribution in [3.05, 3.63) is 129 Å². The van der Waals surface area contributed by atoms with Gasteiger partial charge in [-0.3, -0.25) is 24.1 Å². The third-order valence-corrected chi connectivity index (χ3v) is 11.8. The molecule has 0 saturated carbocycles. The number of carbonyl (C=O) groups excluding carboxylic acids is 5. The summed E-state index contributed by atoms with van der Waals surface area (Å²) in [6.45, 7) is 5.86. The van der Waals surface area contributed by atoms with E-state index in [-0.39, 0.29) is 48.3 Å². The van der Waals surface area contributed by atoms with Gasteiger partial charge in [-0.1, -0.05) is 37.3 Å². The van der Waals surface area contributed by atoms with E-state index < -0.39 is 11.9 Å². The second-order valence-corrected chi connectivity index (χ2v) is 15.5. The molecule has 3 amide bonds. The summed E-state index contributed by atoms with van der Waals surface area (Å²) in [7, 11) is 3.01. The fourth-order valence-corrected chi connectivity index (χ4v) is 8.66. The first-order valence-corrected chi connectivity index (χ1v) is 20.4. The Morgan fingerprint density at radius 3 is 2.32 bits per heavy atom. The summed E-state index contributed by atoms with van der Waals surface area (Å²) in [4.78, 5) is 63.7. The van der Waals surface area contributed by atoms with Crippen LogP contribution in [0, 0.1) is 5.82 Å². The van der Waals surface area contributed by atoms with Crippen LogP contribution in [-0.4, -0.2) is 96.5 Å². The van der Waals surface area contributed by atoms with Gasteiger partial charge in [0.25, 0.3) is 5.91 Å². The molecule has 1 saturated heterocycles. The molecule has 12 heteroatoms. The number of hydrogen-bond donors (Lipinski definition) is 2. The number of aromatic hydroxyl groups is 1. The van der Waals surface area contributed by atoms with Crippen molar-refractivity contribution in [1.82, 2.24) is 20.0 Å². The molecule has 11 nitrogen and oxygen atoms in total. The first kappa shape index (κ1) is 42.7. The third kappa shape index (κ3) is 10.1. The van der Waals surface area contributed by atoms with E-state index in [1.807, 2.05) is 36.4 Å². The number of amides is 3. The summed E-state index contributed by atoms with van der Waals surface area (Å²) in [5.74, 6) is 0.444. The van der Waals surface area contributed by atoms with Crippen LogP contribution >= 0.6 is 0 Å². The molecule has 4 unspecified atom stereocenters. The molecule has 59 heavy (non-hydrogen) atoms. The number of nitrogens with one attached hydrogen (secondary N) is 1. The third-order valence-electron chi connectivity index (χ3n) is 11.8. The van der Waals surface area contributed by atoms with Gasteiger partial charge >= 0.3 is 0 Å². The number of ether oxygens (including phenoxy) is 1. The van der Waals surface area contributed by atoms with E-state index >= 15 is 0 Å². The predicted molar refractivity (Wildman–Crippen MR) is 222 cm³/mol. The number of aryl methyl sites for hydroxylation is 1. The normalized spacial score (nSPS) is 18.9. The molecule has 2 aliphatic heterocycles. The molecule has 4 atom stereocenters. The first-order valence-electron chi connectivity index (χ1n) is 20.4. The van der Waals surface area contributed by atoms with Crippen LogP contribution in [0.25, 0.3) is 0 Å². The molecule has 0 spiro atoms. The number of aldehydes is 2. The average molecular weight is 805 g/mol. The minimum absolute atomic E-state index is 0.0140. The van der Waals surface area contributed by atoms with Crippen molar-refractivity contribution in [3.63, 3.8) is 0 Å². The van der Waals surface area contributed by atoms with E-state index in [9.17, 15) is 33.5 Å². The van der Waals surface area contributed by atoms with Gasteiger partial charge in [0, 0.05) is 51.6 Å². The lowest BCUT2D eigenvalue weighted by molar-refractivity contribution is -0.125. The summed E-state index contributed by atoms with van der Waals surface area (Å²) in [6.07, 6.45) is 6.41. The maximum Gasteiger partial charge on any atom is 0.255 e. The van der Waals surface area contributed by atoms with E-state index in [0.717, 1.165) is 92.6 Å². The van der Waals surface area contributed by atoms with Gasteiger partial charge in [-0.2, -0.15) is 0 Å². The molecule has 7 rings (SSSR count). The van der Waals surface area contributed by atoms with Crippen LogP contribution in [0.2, 0.25) is 0 Å². The van der Waals surface area contributed by atoms with Crippen LogP contribution in [0.4, 0.5) is 4.39 Å². The Kier molecular flexibility index (Phi) is 14.3. The molecule has 310 valence electrons. The van der Waals surface area contributed by atoms with E-state index in [2.05, 4.69) is 29.3 Å². The average Bonchev–Trinajstić information content (AvgIpc) is 3.68. The van der Waals surface area contributed by atoms with E-state index in [0.29, 0.717) is 24.0 Å². The van der Waals surface area contributed by atoms with Gasteiger partial charge in [0.1, 0.15) is 35.7 Å². The van der Waals surface area contributed by atoms with Gasteiger partial charge in [0.15, 0.2) is 6.29 Å². The van der Waals surface area contributed by atoms with Crippen LogP contribution in [0.3, 0.4) is 0 Å². The summed E-state index contributed by atoms with van der Waals surface area (Å²) in [5.41, 5.74) is 7.35. The Morgan fingerprint density at radius 2 is 1.66 bits per heavy atom. The van der Waals surface area contributed by atoms with Crippen LogP contribution in [-0.2, 0) is 33.9 Å². The zero-order valence-corrected chi connectivity index (χ0v) is 33.9. The number of hydrogen-bond acceptors (Lipinski definition) is 8. The molecule has 1 fully saturated rings. The number of rotatable bonds is 13. The molecule has 2 N–H and O–H groups in total. The quantitative estimate of drug-likeness (QED) is 0.149. The molecule has 2 heterocycles. The summed E-state index contributed by atoms with van der Waals surface area (Å²) in [5, 5.41) is 12.5. The molecule has 3 aliphatic rings. The van der Waals surface area contributed by atoms with Crippen molar-refractivity contribution < 1.29 is 38.2 Å². The number of benzene rings is 4. The maximum atomic E-state index is 13.6. The summed E-state index contributed by atoms with van der Waals surface area (Å²) < 4.78 is 19.7. The smallest absolute Gasteiger partial charge is 0.255 e. The van der Waals surface area contributed by atoms with Gasteiger partial charge < -0.3 is 29.8 Å². The number of fused-ring (bicyclic) bond motifs is 2. The molecule has 4 aromatic carbocycles. The Bertz CT molecular complexity index is 2130. The van der Waals surface area contributed by atoms with Crippen molar-refractivity contribution in [1.29, 1.82) is 0 Å². The standard InChI is InChI=1S/C28H28FNO3.C19H25N3O4/c29-22-8-3-19(4-9-22)26-13-7-21-16-23(32)10-14-27(21)28(26)20-5-11-24(12-6-20)33-25-2-1-15-30(17-25)18-31;1-4-22-10-13-8-15(12-24)16(9-14(13)11-22)19(26)21(3)17(6-5-7-23)18(25)20-2/h3-6,8-12,14,16,18,25-26,28,32H,1-2,7,13,15,17H2;7-9,12,17H,4-6,10-11H2,1-3H3,(H,20,25).